The van der Waals surface area contributed by atoms with Crippen molar-refractivity contribution < 1.29 is 112 Å². The number of epoxide rings is 3. The Morgan fingerprint density at radius 1 is 0.574 bits per heavy atom. The molecule has 0 saturated carbocycles. The monoisotopic (exact) mass is 854 g/mol. The Hall–Kier alpha value is -1.26. The standard InChI is InChI=1S/C12H8F16O2.C9H20O5Si.C7H14O2/c13-5(14)7(17,18)9(21,22)11(25,26)12(27,28)10(23,24)8(19,20)6(15,16)3-29-1-4-2-30-4;1-10-15(11-2,12-3)6-4-5-13-7-9-8-14-9;1-7(2,3)9-5-6-4-8-6/h4-5H,1-3H2;9H,4-8H2,1-3H3;6H,4-5H2,1-3H3. The Balaban J connectivity index is 0.000000495. The van der Waals surface area contributed by atoms with E-state index in [9.17, 15) is 70.2 Å². The highest BCUT2D eigenvalue weighted by Crippen LogP contribution is 2.62. The van der Waals surface area contributed by atoms with Gasteiger partial charge in [-0.1, -0.05) is 0 Å². The molecule has 54 heavy (non-hydrogen) atoms. The maximum atomic E-state index is 13.4. The molecule has 0 bridgehead atoms. The van der Waals surface area contributed by atoms with E-state index in [2.05, 4.69) is 30.2 Å². The summed E-state index contributed by atoms with van der Waals surface area (Å²) in [5.41, 5.74) is -0.00799. The minimum absolute atomic E-state index is 0.00799. The molecule has 0 N–H and O–H groups in total. The molecule has 0 aromatic heterocycles. The van der Waals surface area contributed by atoms with Crippen LogP contribution in [0.2, 0.25) is 6.04 Å². The molecule has 9 nitrogen and oxygen atoms in total. The van der Waals surface area contributed by atoms with Crippen molar-refractivity contribution in [2.45, 2.75) is 105 Å². The van der Waals surface area contributed by atoms with Gasteiger partial charge in [-0.15, -0.1) is 0 Å². The van der Waals surface area contributed by atoms with E-state index in [0.717, 1.165) is 32.3 Å². The molecule has 3 fully saturated rings. The highest BCUT2D eigenvalue weighted by Gasteiger charge is 2.93. The second-order valence-electron chi connectivity index (χ2n) is 12.8. The predicted molar refractivity (Wildman–Crippen MR) is 153 cm³/mol. The Bertz CT molecular complexity index is 1110. The molecule has 0 spiro atoms. The quantitative estimate of drug-likeness (QED) is 0.0495. The Kier molecular flexibility index (Phi) is 17.9. The van der Waals surface area contributed by atoms with Crippen LogP contribution in [-0.2, 0) is 41.7 Å². The summed E-state index contributed by atoms with van der Waals surface area (Å²) in [5, 5.41) is 0. The average molecular weight is 855 g/mol. The van der Waals surface area contributed by atoms with E-state index in [1.54, 1.807) is 21.3 Å². The highest BCUT2D eigenvalue weighted by atomic mass is 28.4. The summed E-state index contributed by atoms with van der Waals surface area (Å²) < 4.78 is 253. The number of hydrogen-bond acceptors (Lipinski definition) is 9. The van der Waals surface area contributed by atoms with E-state index in [4.69, 9.17) is 32.2 Å². The third-order valence-corrected chi connectivity index (χ3v) is 10.1. The molecule has 3 aliphatic heterocycles. The first-order chi connectivity index (χ1) is 24.4. The van der Waals surface area contributed by atoms with Crippen molar-refractivity contribution in [3.05, 3.63) is 0 Å². The van der Waals surface area contributed by atoms with Crippen molar-refractivity contribution in [2.75, 3.05) is 74.2 Å². The fourth-order valence-electron chi connectivity index (χ4n) is 3.57. The van der Waals surface area contributed by atoms with Crippen molar-refractivity contribution >= 4 is 8.80 Å². The predicted octanol–water partition coefficient (Wildman–Crippen LogP) is 6.98. The van der Waals surface area contributed by atoms with Gasteiger partial charge in [0.1, 0.15) is 24.9 Å². The third kappa shape index (κ3) is 12.9. The van der Waals surface area contributed by atoms with Gasteiger partial charge in [-0.05, 0) is 27.2 Å². The van der Waals surface area contributed by atoms with Crippen LogP contribution in [0.3, 0.4) is 0 Å². The van der Waals surface area contributed by atoms with Crippen LogP contribution in [0.4, 0.5) is 70.2 Å². The van der Waals surface area contributed by atoms with E-state index in [0.29, 0.717) is 25.4 Å². The Morgan fingerprint density at radius 2 is 0.944 bits per heavy atom. The highest BCUT2D eigenvalue weighted by molar-refractivity contribution is 6.60. The number of halogens is 16. The average Bonchev–Trinajstić information content (AvgIpc) is 3.90. The lowest BCUT2D eigenvalue weighted by Gasteiger charge is -2.42. The molecule has 0 amide bonds. The summed E-state index contributed by atoms with van der Waals surface area (Å²) in [6.07, 6.45) is -5.21. The van der Waals surface area contributed by atoms with Gasteiger partial charge >= 0.3 is 56.7 Å². The fraction of sp³-hybridized carbons (Fsp3) is 1.00. The molecule has 0 radical (unpaired) electrons. The minimum Gasteiger partial charge on any atom is -0.379 e. The van der Waals surface area contributed by atoms with Gasteiger partial charge < -0.3 is 41.7 Å². The van der Waals surface area contributed by atoms with Gasteiger partial charge in [-0.3, -0.25) is 0 Å². The van der Waals surface area contributed by atoms with Gasteiger partial charge in [0.25, 0.3) is 0 Å². The number of ether oxygens (including phenoxy) is 6. The molecule has 3 unspecified atom stereocenters. The molecule has 3 rings (SSSR count). The lowest BCUT2D eigenvalue weighted by atomic mass is 9.89. The second-order valence-corrected chi connectivity index (χ2v) is 15.9. The number of rotatable bonds is 22. The molecular formula is C28H42F16O9Si. The lowest BCUT2D eigenvalue weighted by Crippen LogP contribution is -2.74. The molecule has 3 heterocycles. The Morgan fingerprint density at radius 3 is 1.31 bits per heavy atom. The molecule has 0 aromatic carbocycles. The normalized spacial score (nSPS) is 21.3. The minimum atomic E-state index is -8.38. The molecule has 3 saturated heterocycles. The topological polar surface area (TPSA) is 93.0 Å². The van der Waals surface area contributed by atoms with Gasteiger partial charge in [0.2, 0.25) is 0 Å². The maximum Gasteiger partial charge on any atom is 0.500 e. The zero-order chi connectivity index (χ0) is 42.2. The van der Waals surface area contributed by atoms with Gasteiger partial charge in [-0.25, -0.2) is 8.78 Å². The van der Waals surface area contributed by atoms with Gasteiger partial charge in [0, 0.05) is 34.0 Å². The van der Waals surface area contributed by atoms with E-state index < -0.39 is 76.0 Å². The Labute approximate surface area is 300 Å². The summed E-state index contributed by atoms with van der Waals surface area (Å²) in [6, 6.07) is 0.780. The molecule has 324 valence electrons. The van der Waals surface area contributed by atoms with E-state index in [1.807, 2.05) is 0 Å². The van der Waals surface area contributed by atoms with Crippen molar-refractivity contribution in [3.63, 3.8) is 0 Å². The molecule has 3 atom stereocenters. The van der Waals surface area contributed by atoms with Crippen LogP contribution < -0.4 is 0 Å². The molecule has 0 aromatic rings. The van der Waals surface area contributed by atoms with Gasteiger partial charge in [0.05, 0.1) is 45.2 Å². The first-order valence-corrected chi connectivity index (χ1v) is 17.5. The van der Waals surface area contributed by atoms with Crippen LogP contribution in [-0.4, -0.2) is 155 Å². The zero-order valence-corrected chi connectivity index (χ0v) is 30.6. The molecular weight excluding hydrogens is 812 g/mol. The second kappa shape index (κ2) is 19.0. The zero-order valence-electron chi connectivity index (χ0n) is 29.6. The van der Waals surface area contributed by atoms with Crippen LogP contribution >= 0.6 is 0 Å². The van der Waals surface area contributed by atoms with E-state index in [1.165, 1.54) is 0 Å². The van der Waals surface area contributed by atoms with Crippen LogP contribution in [0, 0.1) is 0 Å². The van der Waals surface area contributed by atoms with E-state index >= 15 is 0 Å². The molecule has 0 aliphatic carbocycles. The summed E-state index contributed by atoms with van der Waals surface area (Å²) in [5.74, 6) is -54.5. The summed E-state index contributed by atoms with van der Waals surface area (Å²) >= 11 is 0. The largest absolute Gasteiger partial charge is 0.500 e. The molecule has 26 heteroatoms. The van der Waals surface area contributed by atoms with Crippen molar-refractivity contribution in [1.29, 1.82) is 0 Å². The summed E-state index contributed by atoms with van der Waals surface area (Å²) in [4.78, 5) is 0. The smallest absolute Gasteiger partial charge is 0.379 e. The summed E-state index contributed by atoms with van der Waals surface area (Å²) in [6.45, 7) is 6.07. The van der Waals surface area contributed by atoms with Crippen molar-refractivity contribution in [2.24, 2.45) is 0 Å². The lowest BCUT2D eigenvalue weighted by molar-refractivity contribution is -0.448. The molecule has 3 aliphatic rings. The summed E-state index contributed by atoms with van der Waals surface area (Å²) in [7, 11) is 2.48. The van der Waals surface area contributed by atoms with Crippen LogP contribution in [0.1, 0.15) is 27.2 Å². The third-order valence-electron chi connectivity index (χ3n) is 7.23. The van der Waals surface area contributed by atoms with Crippen molar-refractivity contribution in [1.82, 2.24) is 0 Å². The first-order valence-electron chi connectivity index (χ1n) is 15.6. The van der Waals surface area contributed by atoms with Gasteiger partial charge in [0.15, 0.2) is 0 Å². The number of alkyl halides is 16. The van der Waals surface area contributed by atoms with Crippen molar-refractivity contribution in [3.8, 4) is 0 Å². The maximum absolute atomic E-state index is 13.4. The first kappa shape index (κ1) is 50.8. The van der Waals surface area contributed by atoms with Crippen LogP contribution in [0.5, 0.6) is 0 Å². The van der Waals surface area contributed by atoms with E-state index in [-0.39, 0.29) is 12.2 Å². The number of hydrogen-bond donors (Lipinski definition) is 0. The van der Waals surface area contributed by atoms with Gasteiger partial charge in [-0.2, -0.15) is 61.5 Å². The fourth-order valence-corrected chi connectivity index (χ4v) is 5.26. The van der Waals surface area contributed by atoms with Crippen LogP contribution in [0.15, 0.2) is 0 Å². The van der Waals surface area contributed by atoms with Crippen LogP contribution in [0.25, 0.3) is 0 Å². The SMILES string of the molecule is CC(C)(C)OCC1CO1.CO[Si](CCCOCC1CO1)(OC)OC.FC(F)C(F)(F)C(F)(F)C(F)(F)C(F)(F)C(F)(F)C(F)(F)C(F)(F)COCC1CO1.